The molecule has 1 aromatic rings. The van der Waals surface area contributed by atoms with Crippen LogP contribution in [0.25, 0.3) is 0 Å². The molecular weight excluding hydrogens is 244 g/mol. The Morgan fingerprint density at radius 2 is 2.00 bits per heavy atom. The molecular formula is C14H26N2OS. The number of aromatic nitrogens is 1. The fourth-order valence-corrected chi connectivity index (χ4v) is 2.99. The molecule has 2 N–H and O–H groups in total. The number of hydrogen-bond donors (Lipinski definition) is 2. The number of aryl methyl sites for hydroxylation is 1. The zero-order chi connectivity index (χ0) is 13.9. The summed E-state index contributed by atoms with van der Waals surface area (Å²) in [5.74, 6) is 0. The predicted molar refractivity (Wildman–Crippen MR) is 78.3 cm³/mol. The first kappa shape index (κ1) is 15.6. The summed E-state index contributed by atoms with van der Waals surface area (Å²) in [6, 6.07) is 0.412. The number of aliphatic hydroxyl groups is 1. The summed E-state index contributed by atoms with van der Waals surface area (Å²) in [5.41, 5.74) is 1.21. The Labute approximate surface area is 115 Å². The van der Waals surface area contributed by atoms with Gasteiger partial charge in [-0.3, -0.25) is 0 Å². The number of nitrogens with zero attached hydrogens (tertiary/aromatic N) is 1. The zero-order valence-corrected chi connectivity index (χ0v) is 13.2. The number of aliphatic hydroxyl groups excluding tert-OH is 1. The van der Waals surface area contributed by atoms with E-state index < -0.39 is 0 Å². The molecule has 0 aliphatic rings. The predicted octanol–water partition coefficient (Wildman–Crippen LogP) is 3.17. The third-order valence-electron chi connectivity index (χ3n) is 3.07. The van der Waals surface area contributed by atoms with Crippen molar-refractivity contribution in [1.82, 2.24) is 10.3 Å². The smallest absolute Gasteiger partial charge is 0.0985 e. The second-order valence-electron chi connectivity index (χ2n) is 5.89. The monoisotopic (exact) mass is 270 g/mol. The van der Waals surface area contributed by atoms with Crippen LogP contribution in [0.1, 0.15) is 62.7 Å². The normalized spacial score (nSPS) is 15.7. The summed E-state index contributed by atoms with van der Waals surface area (Å²) in [6.45, 7) is 13.1. The molecule has 0 aliphatic heterocycles. The second kappa shape index (κ2) is 6.13. The number of rotatable bonds is 5. The van der Waals surface area contributed by atoms with Crippen molar-refractivity contribution in [1.29, 1.82) is 0 Å². The van der Waals surface area contributed by atoms with Crippen molar-refractivity contribution >= 4 is 11.3 Å². The Balaban J connectivity index is 2.86. The molecule has 0 saturated carbocycles. The molecule has 2 atom stereocenters. The first-order valence-electron chi connectivity index (χ1n) is 6.64. The SMILES string of the molecule is CC[C@H](CO)NC(C)c1sc(C(C)(C)C)nc1C. The Kier molecular flexibility index (Phi) is 5.32. The molecule has 104 valence electrons. The third kappa shape index (κ3) is 3.77. The Morgan fingerprint density at radius 3 is 2.39 bits per heavy atom. The largest absolute Gasteiger partial charge is 0.395 e. The summed E-state index contributed by atoms with van der Waals surface area (Å²) in [4.78, 5) is 5.96. The van der Waals surface area contributed by atoms with Crippen LogP contribution in [0.15, 0.2) is 0 Å². The van der Waals surface area contributed by atoms with Crippen LogP contribution >= 0.6 is 11.3 Å². The molecule has 0 radical (unpaired) electrons. The van der Waals surface area contributed by atoms with E-state index in [1.54, 1.807) is 11.3 Å². The van der Waals surface area contributed by atoms with Gasteiger partial charge in [-0.25, -0.2) is 4.98 Å². The Bertz CT molecular complexity index is 378. The van der Waals surface area contributed by atoms with Crippen LogP contribution in [-0.4, -0.2) is 22.7 Å². The lowest BCUT2D eigenvalue weighted by atomic mass is 9.98. The molecule has 3 nitrogen and oxygen atoms in total. The first-order chi connectivity index (χ1) is 8.29. The average molecular weight is 270 g/mol. The molecule has 1 heterocycles. The maximum Gasteiger partial charge on any atom is 0.0985 e. The van der Waals surface area contributed by atoms with Gasteiger partial charge in [-0.15, -0.1) is 11.3 Å². The highest BCUT2D eigenvalue weighted by Crippen LogP contribution is 2.32. The molecule has 0 spiro atoms. The van der Waals surface area contributed by atoms with Gasteiger partial charge in [0, 0.05) is 22.4 Å². The van der Waals surface area contributed by atoms with Gasteiger partial charge in [0.25, 0.3) is 0 Å². The van der Waals surface area contributed by atoms with E-state index in [1.807, 2.05) is 0 Å². The lowest BCUT2D eigenvalue weighted by molar-refractivity contribution is 0.230. The zero-order valence-electron chi connectivity index (χ0n) is 12.4. The molecule has 4 heteroatoms. The van der Waals surface area contributed by atoms with Crippen LogP contribution in [0.3, 0.4) is 0 Å². The summed E-state index contributed by atoms with van der Waals surface area (Å²) < 4.78 is 0. The minimum absolute atomic E-state index is 0.106. The van der Waals surface area contributed by atoms with Crippen molar-refractivity contribution in [3.8, 4) is 0 Å². The van der Waals surface area contributed by atoms with Gasteiger partial charge in [-0.2, -0.15) is 0 Å². The maximum atomic E-state index is 9.25. The highest BCUT2D eigenvalue weighted by molar-refractivity contribution is 7.12. The summed E-state index contributed by atoms with van der Waals surface area (Å²) >= 11 is 1.78. The highest BCUT2D eigenvalue weighted by Gasteiger charge is 2.23. The van der Waals surface area contributed by atoms with Crippen molar-refractivity contribution in [2.24, 2.45) is 0 Å². The topological polar surface area (TPSA) is 45.1 Å². The van der Waals surface area contributed by atoms with E-state index in [9.17, 15) is 5.11 Å². The lowest BCUT2D eigenvalue weighted by Crippen LogP contribution is -2.33. The summed E-state index contributed by atoms with van der Waals surface area (Å²) in [7, 11) is 0. The molecule has 0 aliphatic carbocycles. The number of hydrogen-bond acceptors (Lipinski definition) is 4. The summed E-state index contributed by atoms with van der Waals surface area (Å²) in [6.07, 6.45) is 0.935. The highest BCUT2D eigenvalue weighted by atomic mass is 32.1. The summed E-state index contributed by atoms with van der Waals surface area (Å²) in [5, 5.41) is 13.9. The van der Waals surface area contributed by atoms with Crippen LogP contribution in [0.5, 0.6) is 0 Å². The van der Waals surface area contributed by atoms with Crippen LogP contribution in [0.2, 0.25) is 0 Å². The van der Waals surface area contributed by atoms with Crippen molar-refractivity contribution in [2.45, 2.75) is 65.5 Å². The Morgan fingerprint density at radius 1 is 1.39 bits per heavy atom. The van der Waals surface area contributed by atoms with Gasteiger partial charge in [0.05, 0.1) is 17.3 Å². The van der Waals surface area contributed by atoms with Crippen LogP contribution in [0, 0.1) is 6.92 Å². The molecule has 1 rings (SSSR count). The maximum absolute atomic E-state index is 9.25. The van der Waals surface area contributed by atoms with E-state index >= 15 is 0 Å². The van der Waals surface area contributed by atoms with E-state index in [4.69, 9.17) is 0 Å². The number of nitrogens with one attached hydrogen (secondary N) is 1. The van der Waals surface area contributed by atoms with E-state index in [2.05, 4.69) is 51.8 Å². The van der Waals surface area contributed by atoms with Gasteiger partial charge in [0.2, 0.25) is 0 Å². The van der Waals surface area contributed by atoms with Crippen molar-refractivity contribution < 1.29 is 5.11 Å². The van der Waals surface area contributed by atoms with Crippen molar-refractivity contribution in [3.63, 3.8) is 0 Å². The standard InChI is InChI=1S/C14H26N2OS/c1-7-11(8-17)15-9(2)12-10(3)16-13(18-12)14(4,5)6/h9,11,15,17H,7-8H2,1-6H3/t9?,11-/m1/s1. The van der Waals surface area contributed by atoms with Gasteiger partial charge in [0.15, 0.2) is 0 Å². The van der Waals surface area contributed by atoms with E-state index in [-0.39, 0.29) is 24.1 Å². The molecule has 1 aromatic heterocycles. The molecule has 18 heavy (non-hydrogen) atoms. The number of thiazole rings is 1. The van der Waals surface area contributed by atoms with E-state index in [0.29, 0.717) is 0 Å². The third-order valence-corrected chi connectivity index (χ3v) is 4.83. The fourth-order valence-electron chi connectivity index (χ4n) is 1.86. The molecule has 0 saturated heterocycles. The quantitative estimate of drug-likeness (QED) is 0.864. The van der Waals surface area contributed by atoms with Crippen LogP contribution in [0.4, 0.5) is 0 Å². The van der Waals surface area contributed by atoms with E-state index in [0.717, 1.165) is 12.1 Å². The molecule has 0 aromatic carbocycles. The average Bonchev–Trinajstić information content (AvgIpc) is 2.67. The van der Waals surface area contributed by atoms with Crippen molar-refractivity contribution in [2.75, 3.05) is 6.61 Å². The molecule has 0 fully saturated rings. The second-order valence-corrected chi connectivity index (χ2v) is 6.93. The first-order valence-corrected chi connectivity index (χ1v) is 7.46. The minimum Gasteiger partial charge on any atom is -0.395 e. The molecule has 0 amide bonds. The Hall–Kier alpha value is -0.450. The fraction of sp³-hybridized carbons (Fsp3) is 0.786. The van der Waals surface area contributed by atoms with Crippen LogP contribution in [-0.2, 0) is 5.41 Å². The van der Waals surface area contributed by atoms with Crippen LogP contribution < -0.4 is 5.32 Å². The lowest BCUT2D eigenvalue weighted by Gasteiger charge is -2.20. The van der Waals surface area contributed by atoms with Gasteiger partial charge >= 0.3 is 0 Å². The van der Waals surface area contributed by atoms with Gasteiger partial charge in [-0.05, 0) is 20.3 Å². The van der Waals surface area contributed by atoms with E-state index in [1.165, 1.54) is 9.88 Å². The van der Waals surface area contributed by atoms with Gasteiger partial charge < -0.3 is 10.4 Å². The van der Waals surface area contributed by atoms with Crippen molar-refractivity contribution in [3.05, 3.63) is 15.6 Å². The minimum atomic E-state index is 0.106. The molecule has 1 unspecified atom stereocenters. The van der Waals surface area contributed by atoms with Gasteiger partial charge in [0.1, 0.15) is 0 Å². The van der Waals surface area contributed by atoms with Gasteiger partial charge in [-0.1, -0.05) is 27.7 Å². The molecule has 0 bridgehead atoms.